The smallest absolute Gasteiger partial charge is 0.253 e. The van der Waals surface area contributed by atoms with Crippen molar-refractivity contribution in [3.8, 4) is 5.88 Å². The SMILES string of the molecule is CCOc1ncc(C(=O)NC(C)CC(O)c2ccco2)cc1Cl. The van der Waals surface area contributed by atoms with Crippen LogP contribution in [0.4, 0.5) is 0 Å². The second-order valence-electron chi connectivity index (χ2n) is 5.09. The normalized spacial score (nSPS) is 13.4. The van der Waals surface area contributed by atoms with Crippen molar-refractivity contribution in [1.29, 1.82) is 0 Å². The number of nitrogens with one attached hydrogen (secondary N) is 1. The highest BCUT2D eigenvalue weighted by Gasteiger charge is 2.18. The van der Waals surface area contributed by atoms with Crippen molar-refractivity contribution in [2.45, 2.75) is 32.4 Å². The van der Waals surface area contributed by atoms with E-state index in [1.807, 2.05) is 6.92 Å². The van der Waals surface area contributed by atoms with E-state index >= 15 is 0 Å². The molecule has 0 fully saturated rings. The molecule has 0 bridgehead atoms. The summed E-state index contributed by atoms with van der Waals surface area (Å²) in [5.74, 6) is 0.450. The molecule has 7 heteroatoms. The lowest BCUT2D eigenvalue weighted by atomic mass is 10.1. The van der Waals surface area contributed by atoms with Gasteiger partial charge in [0.2, 0.25) is 5.88 Å². The summed E-state index contributed by atoms with van der Waals surface area (Å²) in [6, 6.07) is 4.64. The fourth-order valence-corrected chi connectivity index (χ4v) is 2.31. The van der Waals surface area contributed by atoms with E-state index < -0.39 is 6.10 Å². The lowest BCUT2D eigenvalue weighted by Gasteiger charge is -2.17. The molecule has 1 amide bonds. The molecule has 2 heterocycles. The quantitative estimate of drug-likeness (QED) is 0.810. The van der Waals surface area contributed by atoms with Crippen molar-refractivity contribution in [1.82, 2.24) is 10.3 Å². The Hall–Kier alpha value is -2.05. The van der Waals surface area contributed by atoms with Crippen molar-refractivity contribution < 1.29 is 19.1 Å². The van der Waals surface area contributed by atoms with Crippen molar-refractivity contribution >= 4 is 17.5 Å². The van der Waals surface area contributed by atoms with Crippen LogP contribution < -0.4 is 10.1 Å². The first-order chi connectivity index (χ1) is 11.0. The molecule has 2 unspecified atom stereocenters. The highest BCUT2D eigenvalue weighted by Crippen LogP contribution is 2.23. The summed E-state index contributed by atoms with van der Waals surface area (Å²) in [7, 11) is 0. The molecule has 2 aromatic heterocycles. The summed E-state index contributed by atoms with van der Waals surface area (Å²) in [6.07, 6.45) is 2.46. The molecule has 0 saturated carbocycles. The van der Waals surface area contributed by atoms with Gasteiger partial charge in [0, 0.05) is 18.7 Å². The van der Waals surface area contributed by atoms with Gasteiger partial charge in [-0.3, -0.25) is 4.79 Å². The molecule has 0 spiro atoms. The first-order valence-corrected chi connectivity index (χ1v) is 7.69. The van der Waals surface area contributed by atoms with Gasteiger partial charge in [-0.25, -0.2) is 4.98 Å². The Bertz CT molecular complexity index is 646. The van der Waals surface area contributed by atoms with Crippen LogP contribution >= 0.6 is 11.6 Å². The lowest BCUT2D eigenvalue weighted by Crippen LogP contribution is -2.33. The Morgan fingerprint density at radius 2 is 2.35 bits per heavy atom. The van der Waals surface area contributed by atoms with E-state index in [-0.39, 0.29) is 17.0 Å². The fraction of sp³-hybridized carbons (Fsp3) is 0.375. The molecular weight excluding hydrogens is 320 g/mol. The predicted octanol–water partition coefficient (Wildman–Crippen LogP) is 2.97. The minimum atomic E-state index is -0.776. The lowest BCUT2D eigenvalue weighted by molar-refractivity contribution is 0.0902. The minimum Gasteiger partial charge on any atom is -0.477 e. The van der Waals surface area contributed by atoms with Crippen molar-refractivity contribution in [2.75, 3.05) is 6.61 Å². The van der Waals surface area contributed by atoms with Crippen LogP contribution in [-0.4, -0.2) is 28.6 Å². The Kier molecular flexibility index (Phi) is 6.01. The molecular formula is C16H19ClN2O4. The zero-order chi connectivity index (χ0) is 16.8. The van der Waals surface area contributed by atoms with Gasteiger partial charge in [-0.05, 0) is 32.0 Å². The third-order valence-electron chi connectivity index (χ3n) is 3.18. The predicted molar refractivity (Wildman–Crippen MR) is 85.6 cm³/mol. The second kappa shape index (κ2) is 7.99. The number of aliphatic hydroxyl groups excluding tert-OH is 1. The first-order valence-electron chi connectivity index (χ1n) is 7.32. The highest BCUT2D eigenvalue weighted by molar-refractivity contribution is 6.32. The molecule has 0 aliphatic rings. The van der Waals surface area contributed by atoms with E-state index in [2.05, 4.69) is 10.3 Å². The number of pyridine rings is 1. The van der Waals surface area contributed by atoms with Gasteiger partial charge in [0.05, 0.1) is 18.4 Å². The van der Waals surface area contributed by atoms with Crippen molar-refractivity contribution in [3.63, 3.8) is 0 Å². The monoisotopic (exact) mass is 338 g/mol. The van der Waals surface area contributed by atoms with Gasteiger partial charge < -0.3 is 19.6 Å². The van der Waals surface area contributed by atoms with Crippen LogP contribution in [0.3, 0.4) is 0 Å². The first kappa shape index (κ1) is 17.3. The van der Waals surface area contributed by atoms with E-state index in [4.69, 9.17) is 20.8 Å². The summed E-state index contributed by atoms with van der Waals surface area (Å²) in [4.78, 5) is 16.2. The molecule has 0 radical (unpaired) electrons. The molecule has 2 atom stereocenters. The molecule has 2 aromatic rings. The minimum absolute atomic E-state index is 0.257. The second-order valence-corrected chi connectivity index (χ2v) is 5.49. The maximum atomic E-state index is 12.2. The third-order valence-corrected chi connectivity index (χ3v) is 3.45. The van der Waals surface area contributed by atoms with E-state index in [0.29, 0.717) is 30.2 Å². The number of aromatic nitrogens is 1. The van der Waals surface area contributed by atoms with Crippen LogP contribution in [0, 0.1) is 0 Å². The molecule has 0 aliphatic heterocycles. The Balaban J connectivity index is 1.94. The maximum Gasteiger partial charge on any atom is 0.253 e. The van der Waals surface area contributed by atoms with Crippen molar-refractivity contribution in [3.05, 3.63) is 47.0 Å². The molecule has 23 heavy (non-hydrogen) atoms. The highest BCUT2D eigenvalue weighted by atomic mass is 35.5. The number of furan rings is 1. The van der Waals surface area contributed by atoms with Crippen LogP contribution in [0.25, 0.3) is 0 Å². The van der Waals surface area contributed by atoms with Crippen molar-refractivity contribution in [2.24, 2.45) is 0 Å². The summed E-state index contributed by atoms with van der Waals surface area (Å²) in [6.45, 7) is 4.07. The number of hydrogen-bond acceptors (Lipinski definition) is 5. The van der Waals surface area contributed by atoms with E-state index in [1.54, 1.807) is 19.1 Å². The number of carbonyl (C=O) groups is 1. The zero-order valence-electron chi connectivity index (χ0n) is 13.0. The fourth-order valence-electron chi connectivity index (χ4n) is 2.09. The van der Waals surface area contributed by atoms with Gasteiger partial charge >= 0.3 is 0 Å². The molecule has 2 rings (SSSR count). The average Bonchev–Trinajstić information content (AvgIpc) is 3.03. The number of aliphatic hydroxyl groups is 1. The molecule has 0 aromatic carbocycles. The summed E-state index contributed by atoms with van der Waals surface area (Å²) in [5, 5.41) is 13.1. The molecule has 0 saturated heterocycles. The van der Waals surface area contributed by atoms with Crippen LogP contribution in [0.15, 0.2) is 35.1 Å². The van der Waals surface area contributed by atoms with E-state index in [9.17, 15) is 9.90 Å². The van der Waals surface area contributed by atoms with Gasteiger partial charge in [0.1, 0.15) is 16.9 Å². The Labute approximate surface area is 139 Å². The Morgan fingerprint density at radius 1 is 1.57 bits per heavy atom. The van der Waals surface area contributed by atoms with Crippen LogP contribution in [-0.2, 0) is 0 Å². The Morgan fingerprint density at radius 3 is 2.96 bits per heavy atom. The zero-order valence-corrected chi connectivity index (χ0v) is 13.7. The van der Waals surface area contributed by atoms with Gasteiger partial charge in [-0.2, -0.15) is 0 Å². The van der Waals surface area contributed by atoms with Crippen LogP contribution in [0.5, 0.6) is 5.88 Å². The van der Waals surface area contributed by atoms with E-state index in [1.165, 1.54) is 18.5 Å². The maximum absolute atomic E-state index is 12.2. The molecule has 2 N–H and O–H groups in total. The molecule has 0 aliphatic carbocycles. The van der Waals surface area contributed by atoms with Gasteiger partial charge in [-0.1, -0.05) is 11.6 Å². The summed E-state index contributed by atoms with van der Waals surface area (Å²) >= 11 is 6.02. The van der Waals surface area contributed by atoms with Crippen LogP contribution in [0.2, 0.25) is 5.02 Å². The van der Waals surface area contributed by atoms with Crippen LogP contribution in [0.1, 0.15) is 42.5 Å². The molecule has 124 valence electrons. The number of amides is 1. The largest absolute Gasteiger partial charge is 0.477 e. The molecule has 6 nitrogen and oxygen atoms in total. The summed E-state index contributed by atoms with van der Waals surface area (Å²) < 4.78 is 10.4. The van der Waals surface area contributed by atoms with Gasteiger partial charge in [0.25, 0.3) is 5.91 Å². The number of nitrogens with zero attached hydrogens (tertiary/aromatic N) is 1. The number of rotatable bonds is 7. The van der Waals surface area contributed by atoms with Gasteiger partial charge in [-0.15, -0.1) is 0 Å². The number of ether oxygens (including phenoxy) is 1. The summed E-state index contributed by atoms with van der Waals surface area (Å²) in [5.41, 5.74) is 0.331. The third kappa shape index (κ3) is 4.71. The van der Waals surface area contributed by atoms with Gasteiger partial charge in [0.15, 0.2) is 0 Å². The average molecular weight is 339 g/mol. The standard InChI is InChI=1S/C16H19ClN2O4/c1-3-22-16-12(17)8-11(9-18-16)15(21)19-10(2)7-13(20)14-5-4-6-23-14/h4-6,8-10,13,20H,3,7H2,1-2H3,(H,19,21). The number of halogens is 1. The topological polar surface area (TPSA) is 84.6 Å². The number of carbonyl (C=O) groups excluding carboxylic acids is 1. The number of hydrogen-bond donors (Lipinski definition) is 2. The van der Waals surface area contributed by atoms with E-state index in [0.717, 1.165) is 0 Å².